The van der Waals surface area contributed by atoms with Crippen molar-refractivity contribution in [3.8, 4) is 28.7 Å². The number of para-hydroxylation sites is 3. The van der Waals surface area contributed by atoms with Crippen LogP contribution in [-0.4, -0.2) is 124 Å². The maximum atomic E-state index is 14.0. The number of hydrogen-bond acceptors (Lipinski definition) is 22. The molecule has 0 saturated carbocycles. The van der Waals surface area contributed by atoms with Crippen molar-refractivity contribution in [2.75, 3.05) is 52.1 Å². The number of carbonyl (C=O) groups excluding carboxylic acids is 6. The molecule has 0 bridgehead atoms. The predicted molar refractivity (Wildman–Crippen MR) is 433 cm³/mol. The molecule has 0 saturated heterocycles. The number of aliphatic hydroxyl groups excluding tert-OH is 2. The SMILES string of the molecule is COc1cc2c(cc1O)N=C[C@@H]1Cc3ccccc3N1C2=O.COc1cc2c(cc1OCc1cc(COc3cc4c(cc3C)C(=O)N3c5ccccc5C[C@H]3C=N4)cc(NC(=O)CCC(C)(C)SSC)c1)N=C[C@@H]1Cc3ccccc3N1C2=O.CSSC(C)(C)CCC(=O)Nc1cc(CO)cc(CO)c1.O=CO[O-].[H-].[K+].[K+]. The Morgan fingerprint density at radius 3 is 1.30 bits per heavy atom. The van der Waals surface area contributed by atoms with E-state index in [0.29, 0.717) is 99.2 Å². The van der Waals surface area contributed by atoms with Crippen molar-refractivity contribution in [3.05, 3.63) is 207 Å². The van der Waals surface area contributed by atoms with E-state index in [1.54, 1.807) is 103 Å². The van der Waals surface area contributed by atoms with E-state index in [4.69, 9.17) is 39.0 Å². The number of aliphatic hydroxyl groups is 2. The van der Waals surface area contributed by atoms with Crippen LogP contribution < -0.4 is 152 Å². The molecule has 0 fully saturated rings. The van der Waals surface area contributed by atoms with Gasteiger partial charge in [-0.05, 0) is 171 Å². The number of benzene rings is 8. The van der Waals surface area contributed by atoms with Crippen molar-refractivity contribution in [2.24, 2.45) is 15.0 Å². The summed E-state index contributed by atoms with van der Waals surface area (Å²) in [6, 6.07) is 44.5. The number of phenolic OH excluding ortho intramolecular Hbond substituents is 1. The fraction of sp³-hybridized carbons (Fsp3) is 0.305. The van der Waals surface area contributed by atoms with Crippen molar-refractivity contribution in [2.45, 2.75) is 134 Å². The van der Waals surface area contributed by atoms with Gasteiger partial charge in [0.15, 0.2) is 23.0 Å². The molecule has 23 nitrogen and oxygen atoms in total. The normalized spacial score (nSPS) is 15.5. The maximum Gasteiger partial charge on any atom is 1.00 e. The second-order valence-electron chi connectivity index (χ2n) is 27.5. The Hall–Kier alpha value is -6.86. The molecule has 0 spiro atoms. The number of fused-ring (bicyclic) bond motifs is 12. The average molecular weight is 1630 g/mol. The van der Waals surface area contributed by atoms with Crippen molar-refractivity contribution in [1.29, 1.82) is 0 Å². The summed E-state index contributed by atoms with van der Waals surface area (Å²) in [5, 5.41) is 42.6. The van der Waals surface area contributed by atoms with Gasteiger partial charge in [-0.1, -0.05) is 104 Å². The molecule has 570 valence electrons. The molecule has 3 atom stereocenters. The molecule has 29 heteroatoms. The van der Waals surface area contributed by atoms with Crippen LogP contribution in [0.2, 0.25) is 0 Å². The van der Waals surface area contributed by atoms with Crippen LogP contribution in [0.3, 0.4) is 0 Å². The molecule has 0 aromatic heterocycles. The standard InChI is InChI=1S/C49H47N5O6S2.C17H14N2O3.C15H23NO3S2.CH2O3.2K.H/c1-29-16-37-39(50-25-35-20-32-10-6-8-12-41(32)53(35)47(37)56)23-43(29)59-27-30-17-31(19-34(18-30)52-46(55)14-15-49(2,3)62-61-5)28-60-45-24-40-38(22-44(45)58-4)48(57)54-36(26-51-40)21-33-11-7-9-13-42(33)54;1-22-16-7-12-13(8-15(16)20)18-9-11-6-10-4-2-3-5-14(10)19(11)17(12)21;1-15(2,21-20-3)5-4-14(19)16-13-7-11(9-17)6-12(8-13)10-18;2-1-4-3;;;/h6-13,16-19,22-26,35-36H,14-15,20-21,27-28H2,1-5H3,(H,52,55);2-5,7-9,11,20H,6H2,1H3;6-8,17-18H,4-5,9-10H2,1-3H3,(H,16,19);1,3H;;;/q;;;;2*+1;-1/p-1/t35-,36-;11-;;;;;/m00...../s1. The van der Waals surface area contributed by atoms with Gasteiger partial charge >= 0.3 is 103 Å². The van der Waals surface area contributed by atoms with Crippen molar-refractivity contribution in [1.82, 2.24) is 0 Å². The zero-order valence-electron chi connectivity index (χ0n) is 64.7. The first-order valence-corrected chi connectivity index (χ1v) is 40.2. The first kappa shape index (κ1) is 88.1. The number of phenols is 1. The number of anilines is 5. The number of aliphatic imine (C=N–C) groups is 3. The van der Waals surface area contributed by atoms with Gasteiger partial charge in [-0.2, -0.15) is 0 Å². The molecule has 111 heavy (non-hydrogen) atoms. The number of nitrogens with one attached hydrogen (secondary N) is 2. The number of aromatic hydroxyl groups is 1. The zero-order valence-corrected chi connectivity index (χ0v) is 73.2. The van der Waals surface area contributed by atoms with Gasteiger partial charge in [0, 0.05) is 107 Å². The molecular weight excluding hydrogens is 1540 g/mol. The van der Waals surface area contributed by atoms with E-state index in [0.717, 1.165) is 69.7 Å². The molecule has 8 aromatic carbocycles. The fourth-order valence-corrected chi connectivity index (χ4v) is 18.1. The number of aryl methyl sites for hydroxylation is 1. The van der Waals surface area contributed by atoms with Crippen LogP contribution in [-0.2, 0) is 65.0 Å². The minimum Gasteiger partial charge on any atom is -1.00 e. The number of rotatable bonds is 23. The number of methoxy groups -OCH3 is 2. The Bertz CT molecular complexity index is 4840. The van der Waals surface area contributed by atoms with Crippen LogP contribution >= 0.6 is 43.2 Å². The van der Waals surface area contributed by atoms with Gasteiger partial charge < -0.3 is 56.5 Å². The summed E-state index contributed by atoms with van der Waals surface area (Å²) in [6.45, 7) is 10.3. The number of ether oxygens (including phenoxy) is 4. The van der Waals surface area contributed by atoms with Crippen LogP contribution in [0.5, 0.6) is 28.7 Å². The van der Waals surface area contributed by atoms with E-state index < -0.39 is 0 Å². The molecule has 0 unspecified atom stereocenters. The summed E-state index contributed by atoms with van der Waals surface area (Å²) in [4.78, 5) is 96.8. The summed E-state index contributed by atoms with van der Waals surface area (Å²) < 4.78 is 23.8. The van der Waals surface area contributed by atoms with E-state index in [-0.39, 0.29) is 206 Å². The van der Waals surface area contributed by atoms with Crippen LogP contribution in [0, 0.1) is 6.92 Å². The topological polar surface area (TPSA) is 303 Å². The third kappa shape index (κ3) is 21.8. The molecule has 8 aromatic rings. The van der Waals surface area contributed by atoms with Crippen molar-refractivity contribution < 1.29 is 177 Å². The number of carbonyl (C=O) groups is 6. The van der Waals surface area contributed by atoms with Gasteiger partial charge in [0.25, 0.3) is 24.2 Å². The summed E-state index contributed by atoms with van der Waals surface area (Å²) in [5.41, 5.74) is 14.0. The Kier molecular flexibility index (Phi) is 32.1. The fourth-order valence-electron chi connectivity index (χ4n) is 13.6. The second kappa shape index (κ2) is 40.4. The molecular formula is C82H86K2N8O15S4. The van der Waals surface area contributed by atoms with E-state index in [1.807, 2.05) is 134 Å². The monoisotopic (exact) mass is 1630 g/mol. The Labute approximate surface area is 748 Å². The summed E-state index contributed by atoms with van der Waals surface area (Å²) >= 11 is 0. The summed E-state index contributed by atoms with van der Waals surface area (Å²) in [7, 11) is 9.92. The number of amides is 5. The van der Waals surface area contributed by atoms with E-state index in [1.165, 1.54) is 13.2 Å². The molecule has 14 rings (SSSR count). The van der Waals surface area contributed by atoms with Gasteiger partial charge in [0.2, 0.25) is 11.8 Å². The molecule has 6 aliphatic heterocycles. The average Bonchev–Trinajstić information content (AvgIpc) is 1.61. The van der Waals surface area contributed by atoms with Crippen LogP contribution in [0.15, 0.2) is 161 Å². The van der Waals surface area contributed by atoms with E-state index in [9.17, 15) is 39.3 Å². The van der Waals surface area contributed by atoms with Crippen LogP contribution in [0.25, 0.3) is 0 Å². The van der Waals surface area contributed by atoms with E-state index in [2.05, 4.69) is 54.3 Å². The van der Waals surface area contributed by atoms with Gasteiger partial charge in [0.1, 0.15) is 19.0 Å². The maximum absolute atomic E-state index is 14.0. The second-order valence-corrected chi connectivity index (χ2v) is 33.7. The number of nitrogens with zero attached hydrogens (tertiary/aromatic N) is 6. The first-order valence-electron chi connectivity index (χ1n) is 35.1. The largest absolute Gasteiger partial charge is 1.00 e. The summed E-state index contributed by atoms with van der Waals surface area (Å²) in [6.07, 6.45) is 14.0. The minimum atomic E-state index is -0.183. The predicted octanol–water partition coefficient (Wildman–Crippen LogP) is 8.67. The van der Waals surface area contributed by atoms with Crippen LogP contribution in [0.1, 0.15) is 130 Å². The van der Waals surface area contributed by atoms with Crippen molar-refractivity contribution >= 4 is 143 Å². The van der Waals surface area contributed by atoms with Gasteiger partial charge in [-0.25, -0.2) is 0 Å². The van der Waals surface area contributed by atoms with Crippen LogP contribution in [0.4, 0.5) is 45.5 Å². The Morgan fingerprint density at radius 1 is 0.541 bits per heavy atom. The quantitative estimate of drug-likeness (QED) is 0.0131. The van der Waals surface area contributed by atoms with Crippen molar-refractivity contribution in [3.63, 3.8) is 0 Å². The molecule has 6 aliphatic rings. The minimum absolute atomic E-state index is 0. The summed E-state index contributed by atoms with van der Waals surface area (Å²) in [5.74, 6) is 1.20. The number of hydrogen-bond donors (Lipinski definition) is 5. The Morgan fingerprint density at radius 2 is 0.901 bits per heavy atom. The molecule has 5 amide bonds. The first-order chi connectivity index (χ1) is 52.5. The molecule has 0 aliphatic carbocycles. The molecule has 0 radical (unpaired) electrons. The molecule has 6 heterocycles. The molecule has 5 N–H and O–H groups in total. The van der Waals surface area contributed by atoms with Gasteiger partial charge in [-0.15, -0.1) is 0 Å². The Balaban J connectivity index is 0.000000256. The van der Waals surface area contributed by atoms with E-state index >= 15 is 0 Å². The van der Waals surface area contributed by atoms with Gasteiger partial charge in [0.05, 0.1) is 79.3 Å². The third-order valence-electron chi connectivity index (χ3n) is 18.8. The third-order valence-corrected chi connectivity index (χ3v) is 24.2. The van der Waals surface area contributed by atoms with Gasteiger partial charge in [-0.3, -0.25) is 58.4 Å². The smallest absolute Gasteiger partial charge is 1.00 e. The zero-order chi connectivity index (χ0) is 77.7.